The van der Waals surface area contributed by atoms with Crippen LogP contribution in [0, 0.1) is 11.4 Å². The Morgan fingerprint density at radius 2 is 1.50 bits per heavy atom. The second-order valence-electron chi connectivity index (χ2n) is 10.8. The number of amides is 2. The molecule has 1 fully saturated rings. The number of carbonyl (C=O) groups is 2. The zero-order chi connectivity index (χ0) is 28.5. The molecule has 0 heterocycles. The first-order chi connectivity index (χ1) is 19.4. The highest BCUT2D eigenvalue weighted by atomic mass is 16.2. The van der Waals surface area contributed by atoms with E-state index in [1.807, 2.05) is 36.4 Å². The van der Waals surface area contributed by atoms with Crippen LogP contribution in [-0.4, -0.2) is 17.8 Å². The van der Waals surface area contributed by atoms with Gasteiger partial charge in [-0.05, 0) is 84.2 Å². The predicted octanol–water partition coefficient (Wildman–Crippen LogP) is 6.77. The molecule has 208 valence electrons. The highest BCUT2D eigenvalue weighted by Crippen LogP contribution is 2.34. The van der Waals surface area contributed by atoms with Crippen molar-refractivity contribution < 1.29 is 9.59 Å². The van der Waals surface area contributed by atoms with E-state index in [-0.39, 0.29) is 11.9 Å². The van der Waals surface area contributed by atoms with Crippen LogP contribution in [0.15, 0.2) is 83.0 Å². The van der Waals surface area contributed by atoms with Gasteiger partial charge in [-0.25, -0.2) is 5.53 Å². The molecule has 3 aromatic carbocycles. The van der Waals surface area contributed by atoms with E-state index in [0.29, 0.717) is 29.5 Å². The van der Waals surface area contributed by atoms with Gasteiger partial charge in [0.25, 0.3) is 17.8 Å². The molecule has 0 unspecified atom stereocenters. The maximum Gasteiger partial charge on any atom is 0.265 e. The molecule has 8 nitrogen and oxygen atoms in total. The minimum Gasteiger partial charge on any atom is -0.320 e. The fourth-order valence-corrected chi connectivity index (χ4v) is 5.26. The lowest BCUT2D eigenvalue weighted by Gasteiger charge is -2.26. The summed E-state index contributed by atoms with van der Waals surface area (Å²) in [5.74, 6) is 5.43. The lowest BCUT2D eigenvalue weighted by Crippen LogP contribution is -2.31. The van der Waals surface area contributed by atoms with Gasteiger partial charge in [0.1, 0.15) is 0 Å². The Labute approximate surface area is 236 Å². The summed E-state index contributed by atoms with van der Waals surface area (Å²) < 4.78 is 0. The van der Waals surface area contributed by atoms with Gasteiger partial charge in [-0.2, -0.15) is 0 Å². The Bertz CT molecular complexity index is 1330. The van der Waals surface area contributed by atoms with Crippen molar-refractivity contribution >= 4 is 23.5 Å². The summed E-state index contributed by atoms with van der Waals surface area (Å²) in [6.45, 7) is 4.71. The van der Waals surface area contributed by atoms with Crippen molar-refractivity contribution in [2.75, 3.05) is 4.90 Å². The highest BCUT2D eigenvalue weighted by Gasteiger charge is 2.21. The second kappa shape index (κ2) is 13.6. The molecule has 0 spiro atoms. The molecular formula is C32H38N6O2. The summed E-state index contributed by atoms with van der Waals surface area (Å²) in [5, 5.41) is 8.69. The Morgan fingerprint density at radius 3 is 2.08 bits per heavy atom. The standard InChI is InChI=1S/C32H38N6O2/c1-22(2)20-23-8-14-28(15-9-23)31(40)38(29-18-16-26(17-19-29)25-6-4-3-5-7-25)21-24-10-12-27(13-11-24)30(39)35-32(36-33)37-34/h8-19,22,25,33H,3-7,20-21,34H2,1-2H3,(H,35,37,39). The van der Waals surface area contributed by atoms with Crippen LogP contribution in [0.2, 0.25) is 0 Å². The third-order valence-electron chi connectivity index (χ3n) is 7.38. The van der Waals surface area contributed by atoms with Crippen LogP contribution < -0.4 is 16.1 Å². The fourth-order valence-electron chi connectivity index (χ4n) is 5.26. The molecule has 4 N–H and O–H groups in total. The largest absolute Gasteiger partial charge is 0.320 e. The van der Waals surface area contributed by atoms with Crippen molar-refractivity contribution in [2.45, 2.75) is 64.8 Å². The summed E-state index contributed by atoms with van der Waals surface area (Å²) in [6, 6.07) is 23.3. The molecule has 0 aromatic heterocycles. The maximum absolute atomic E-state index is 13.8. The number of nitrogens with zero attached hydrogens (tertiary/aromatic N) is 3. The van der Waals surface area contributed by atoms with E-state index in [2.05, 4.69) is 53.6 Å². The van der Waals surface area contributed by atoms with Gasteiger partial charge in [0.05, 0.1) is 6.54 Å². The first kappa shape index (κ1) is 28.7. The van der Waals surface area contributed by atoms with Gasteiger partial charge < -0.3 is 10.7 Å². The van der Waals surface area contributed by atoms with Crippen LogP contribution in [0.4, 0.5) is 5.69 Å². The van der Waals surface area contributed by atoms with E-state index in [4.69, 9.17) is 11.4 Å². The van der Waals surface area contributed by atoms with E-state index < -0.39 is 5.91 Å². The number of guanidine groups is 1. The van der Waals surface area contributed by atoms with Crippen molar-refractivity contribution in [1.29, 1.82) is 5.53 Å². The van der Waals surface area contributed by atoms with Gasteiger partial charge >= 0.3 is 0 Å². The molecule has 0 atom stereocenters. The molecule has 1 aliphatic rings. The van der Waals surface area contributed by atoms with Gasteiger partial charge in [-0.15, -0.1) is 10.2 Å². The number of hydrogen-bond donors (Lipinski definition) is 3. The molecule has 8 heteroatoms. The summed E-state index contributed by atoms with van der Waals surface area (Å²) >= 11 is 0. The van der Waals surface area contributed by atoms with E-state index in [0.717, 1.165) is 17.7 Å². The number of nitrogens with two attached hydrogens (primary N) is 1. The average molecular weight is 539 g/mol. The minimum atomic E-state index is -0.473. The third kappa shape index (κ3) is 7.40. The topological polar surface area (TPSA) is 124 Å². The van der Waals surface area contributed by atoms with Gasteiger partial charge in [0, 0.05) is 16.8 Å². The van der Waals surface area contributed by atoms with Gasteiger partial charge in [0.15, 0.2) is 0 Å². The molecule has 1 aliphatic carbocycles. The zero-order valence-corrected chi connectivity index (χ0v) is 23.3. The Kier molecular flexibility index (Phi) is 9.78. The summed E-state index contributed by atoms with van der Waals surface area (Å²) in [7, 11) is 0. The fraction of sp³-hybridized carbons (Fsp3) is 0.344. The van der Waals surface area contributed by atoms with Crippen molar-refractivity contribution in [3.63, 3.8) is 0 Å². The highest BCUT2D eigenvalue weighted by molar-refractivity contribution is 6.06. The predicted molar refractivity (Wildman–Crippen MR) is 158 cm³/mol. The van der Waals surface area contributed by atoms with Crippen LogP contribution >= 0.6 is 0 Å². The van der Waals surface area contributed by atoms with E-state index >= 15 is 0 Å². The molecular weight excluding hydrogens is 500 g/mol. The molecule has 4 rings (SSSR count). The number of benzene rings is 3. The Balaban J connectivity index is 1.58. The van der Waals surface area contributed by atoms with Crippen molar-refractivity contribution in [3.8, 4) is 0 Å². The molecule has 2 amide bonds. The number of rotatable bonds is 8. The monoisotopic (exact) mass is 538 g/mol. The van der Waals surface area contributed by atoms with Crippen LogP contribution in [0.25, 0.3) is 0 Å². The summed E-state index contributed by atoms with van der Waals surface area (Å²) in [6.07, 6.45) is 7.27. The molecule has 40 heavy (non-hydrogen) atoms. The Morgan fingerprint density at radius 1 is 0.900 bits per heavy atom. The second-order valence-corrected chi connectivity index (χ2v) is 10.8. The molecule has 1 saturated carbocycles. The van der Waals surface area contributed by atoms with Crippen LogP contribution in [0.1, 0.15) is 89.3 Å². The normalized spacial score (nSPS) is 14.1. The number of nitrogens with one attached hydrogen (secondary N) is 2. The van der Waals surface area contributed by atoms with Crippen LogP contribution in [-0.2, 0) is 13.0 Å². The van der Waals surface area contributed by atoms with Crippen molar-refractivity contribution in [2.24, 2.45) is 22.0 Å². The number of anilines is 1. The number of hydrazone groups is 1. The molecule has 0 radical (unpaired) electrons. The van der Waals surface area contributed by atoms with Gasteiger partial charge in [0.2, 0.25) is 0 Å². The lowest BCUT2D eigenvalue weighted by molar-refractivity contribution is 0.0970. The summed E-state index contributed by atoms with van der Waals surface area (Å²) in [4.78, 5) is 28.1. The maximum atomic E-state index is 13.8. The minimum absolute atomic E-state index is 0.0795. The van der Waals surface area contributed by atoms with Gasteiger partial charge in [-0.3, -0.25) is 14.9 Å². The van der Waals surface area contributed by atoms with Crippen molar-refractivity contribution in [3.05, 3.63) is 101 Å². The number of carbonyl (C=O) groups excluding carboxylic acids is 2. The SMILES string of the molecule is CC(C)Cc1ccc(C(=O)N(Cc2ccc(C(=O)N/C(N=N)=N/N)cc2)c2ccc(C3CCCCC3)cc2)cc1. The third-order valence-corrected chi connectivity index (χ3v) is 7.38. The van der Waals surface area contributed by atoms with Gasteiger partial charge in [-0.1, -0.05) is 69.5 Å². The zero-order valence-electron chi connectivity index (χ0n) is 23.3. The average Bonchev–Trinajstić information content (AvgIpc) is 2.99. The molecule has 0 saturated heterocycles. The quantitative estimate of drug-likeness (QED) is 0.0963. The van der Waals surface area contributed by atoms with Crippen LogP contribution in [0.3, 0.4) is 0 Å². The molecule has 0 aliphatic heterocycles. The smallest absolute Gasteiger partial charge is 0.265 e. The van der Waals surface area contributed by atoms with Crippen molar-refractivity contribution in [1.82, 2.24) is 5.32 Å². The molecule has 0 bridgehead atoms. The summed E-state index contributed by atoms with van der Waals surface area (Å²) in [5.41, 5.74) is 12.2. The first-order valence-corrected chi connectivity index (χ1v) is 13.9. The van der Waals surface area contributed by atoms with E-state index in [9.17, 15) is 9.59 Å². The van der Waals surface area contributed by atoms with Crippen LogP contribution in [0.5, 0.6) is 0 Å². The van der Waals surface area contributed by atoms with E-state index in [1.54, 1.807) is 17.0 Å². The number of hydrogen-bond acceptors (Lipinski definition) is 5. The lowest BCUT2D eigenvalue weighted by atomic mass is 9.84. The first-order valence-electron chi connectivity index (χ1n) is 13.9. The Hall–Kier alpha value is -4.33. The molecule has 3 aromatic rings. The van der Waals surface area contributed by atoms with E-state index in [1.165, 1.54) is 43.2 Å².